The minimum Gasteiger partial charge on any atom is -0.481 e. The van der Waals surface area contributed by atoms with Crippen LogP contribution in [0, 0.1) is 5.41 Å². The predicted octanol–water partition coefficient (Wildman–Crippen LogP) is 2.58. The summed E-state index contributed by atoms with van der Waals surface area (Å²) in [6.07, 6.45) is -2.13. The number of allylic oxidation sites excluding steroid dienone is 2. The molecule has 6 nitrogen and oxygen atoms in total. The Kier molecular flexibility index (Phi) is 4.62. The van der Waals surface area contributed by atoms with E-state index in [2.05, 4.69) is 10.2 Å². The number of aromatic nitrogens is 2. The van der Waals surface area contributed by atoms with Crippen molar-refractivity contribution in [1.82, 2.24) is 10.2 Å². The molecule has 2 atom stereocenters. The second-order valence-electron chi connectivity index (χ2n) is 5.98. The summed E-state index contributed by atoms with van der Waals surface area (Å²) in [5, 5.41) is 14.0. The van der Waals surface area contributed by atoms with Crippen LogP contribution in [0.5, 0.6) is 0 Å². The van der Waals surface area contributed by atoms with Gasteiger partial charge < -0.3 is 5.11 Å². The fourth-order valence-electron chi connectivity index (χ4n) is 3.44. The van der Waals surface area contributed by atoms with E-state index in [9.17, 15) is 31.5 Å². The molecule has 25 heavy (non-hydrogen) atoms. The van der Waals surface area contributed by atoms with Gasteiger partial charge in [-0.3, -0.25) is 9.89 Å². The lowest BCUT2D eigenvalue weighted by atomic mass is 9.71. The largest absolute Gasteiger partial charge is 0.481 e. The molecule has 0 bridgehead atoms. The minimum absolute atomic E-state index is 0.0994. The standard InChI is InChI=1S/C15H17F3N2O4S/c1-4-14(13(21)22)7-9(10-5-6-19-20-10)11(15(16,17)18)8(2)12(14)25(3,23)24/h5-7,12H,4H2,1-3H3,(H,19,20)(H,21,22). The number of carbonyl (C=O) groups is 1. The van der Waals surface area contributed by atoms with Crippen molar-refractivity contribution in [3.8, 4) is 0 Å². The van der Waals surface area contributed by atoms with Crippen LogP contribution in [-0.2, 0) is 14.6 Å². The van der Waals surface area contributed by atoms with Crippen molar-refractivity contribution in [2.75, 3.05) is 6.26 Å². The van der Waals surface area contributed by atoms with Gasteiger partial charge in [0, 0.05) is 18.0 Å². The number of sulfone groups is 1. The Bertz CT molecular complexity index is 854. The van der Waals surface area contributed by atoms with Gasteiger partial charge in [-0.1, -0.05) is 13.0 Å². The van der Waals surface area contributed by atoms with Gasteiger partial charge in [-0.15, -0.1) is 0 Å². The van der Waals surface area contributed by atoms with Crippen LogP contribution < -0.4 is 0 Å². The molecule has 1 heterocycles. The van der Waals surface area contributed by atoms with Crippen molar-refractivity contribution in [3.05, 3.63) is 35.2 Å². The van der Waals surface area contributed by atoms with Gasteiger partial charge in [-0.2, -0.15) is 18.3 Å². The first kappa shape index (κ1) is 19.2. The Hall–Kier alpha value is -2.10. The Morgan fingerprint density at radius 2 is 2.04 bits per heavy atom. The van der Waals surface area contributed by atoms with Crippen molar-refractivity contribution >= 4 is 21.4 Å². The molecule has 1 aromatic rings. The lowest BCUT2D eigenvalue weighted by Gasteiger charge is -2.39. The third-order valence-corrected chi connectivity index (χ3v) is 6.03. The molecule has 2 unspecified atom stereocenters. The molecule has 2 rings (SSSR count). The number of hydrogen-bond acceptors (Lipinski definition) is 4. The molecule has 1 aliphatic carbocycles. The average Bonchev–Trinajstić information content (AvgIpc) is 2.96. The third-order valence-electron chi connectivity index (χ3n) is 4.40. The van der Waals surface area contributed by atoms with Gasteiger partial charge in [0.05, 0.1) is 11.3 Å². The summed E-state index contributed by atoms with van der Waals surface area (Å²) in [7, 11) is -4.14. The van der Waals surface area contributed by atoms with Crippen molar-refractivity contribution in [2.24, 2.45) is 5.41 Å². The smallest absolute Gasteiger partial charge is 0.417 e. The number of nitrogens with zero attached hydrogens (tertiary/aromatic N) is 1. The highest BCUT2D eigenvalue weighted by Crippen LogP contribution is 2.50. The molecule has 2 N–H and O–H groups in total. The van der Waals surface area contributed by atoms with Crippen LogP contribution in [-0.4, -0.2) is 47.4 Å². The first-order valence-electron chi connectivity index (χ1n) is 7.30. The molecular weight excluding hydrogens is 361 g/mol. The number of rotatable bonds is 4. The maximum atomic E-state index is 13.7. The molecule has 0 fully saturated rings. The molecule has 0 amide bonds. The number of aromatic amines is 1. The van der Waals surface area contributed by atoms with Crippen LogP contribution in [0.25, 0.3) is 5.57 Å². The molecule has 10 heteroatoms. The minimum atomic E-state index is -4.86. The topological polar surface area (TPSA) is 100 Å². The van der Waals surface area contributed by atoms with E-state index in [1.807, 2.05) is 0 Å². The summed E-state index contributed by atoms with van der Waals surface area (Å²) in [4.78, 5) is 11.9. The summed E-state index contributed by atoms with van der Waals surface area (Å²) >= 11 is 0. The summed E-state index contributed by atoms with van der Waals surface area (Å²) < 4.78 is 65.5. The van der Waals surface area contributed by atoms with Crippen molar-refractivity contribution in [1.29, 1.82) is 0 Å². The van der Waals surface area contributed by atoms with E-state index < -0.39 is 49.4 Å². The Morgan fingerprint density at radius 1 is 1.44 bits per heavy atom. The summed E-state index contributed by atoms with van der Waals surface area (Å²) in [5.41, 5.74) is -4.26. The molecule has 0 aliphatic heterocycles. The Balaban J connectivity index is 2.94. The van der Waals surface area contributed by atoms with Gasteiger partial charge in [0.25, 0.3) is 0 Å². The normalized spacial score (nSPS) is 25.0. The molecule has 1 aliphatic rings. The number of carboxylic acid groups (broad SMARTS) is 1. The summed E-state index contributed by atoms with van der Waals surface area (Å²) in [6, 6.07) is 1.27. The van der Waals surface area contributed by atoms with E-state index in [1.165, 1.54) is 19.2 Å². The maximum Gasteiger partial charge on any atom is 0.417 e. The van der Waals surface area contributed by atoms with E-state index in [4.69, 9.17) is 0 Å². The zero-order valence-corrected chi connectivity index (χ0v) is 14.5. The number of alkyl halides is 3. The highest BCUT2D eigenvalue weighted by molar-refractivity contribution is 7.91. The van der Waals surface area contributed by atoms with Crippen LogP contribution in [0.4, 0.5) is 13.2 Å². The van der Waals surface area contributed by atoms with Gasteiger partial charge in [0.15, 0.2) is 9.84 Å². The van der Waals surface area contributed by atoms with Gasteiger partial charge in [0.1, 0.15) is 10.7 Å². The lowest BCUT2D eigenvalue weighted by Crippen LogP contribution is -2.48. The highest BCUT2D eigenvalue weighted by Gasteiger charge is 2.55. The number of halogens is 3. The van der Waals surface area contributed by atoms with E-state index in [0.29, 0.717) is 0 Å². The van der Waals surface area contributed by atoms with Crippen molar-refractivity contribution in [3.63, 3.8) is 0 Å². The van der Waals surface area contributed by atoms with Gasteiger partial charge in [-0.05, 0) is 25.0 Å². The van der Waals surface area contributed by atoms with E-state index >= 15 is 0 Å². The number of hydrogen-bond donors (Lipinski definition) is 2. The maximum absolute atomic E-state index is 13.7. The molecule has 0 aromatic carbocycles. The number of nitrogens with one attached hydrogen (secondary N) is 1. The predicted molar refractivity (Wildman–Crippen MR) is 84.3 cm³/mol. The van der Waals surface area contributed by atoms with Gasteiger partial charge >= 0.3 is 12.1 Å². The fourth-order valence-corrected chi connectivity index (χ4v) is 5.30. The van der Waals surface area contributed by atoms with Crippen LogP contribution in [0.3, 0.4) is 0 Å². The van der Waals surface area contributed by atoms with Gasteiger partial charge in [-0.25, -0.2) is 8.42 Å². The van der Waals surface area contributed by atoms with Crippen molar-refractivity contribution in [2.45, 2.75) is 31.7 Å². The Labute approximate surface area is 142 Å². The van der Waals surface area contributed by atoms with E-state index in [1.54, 1.807) is 0 Å². The quantitative estimate of drug-likeness (QED) is 0.839. The number of aliphatic carboxylic acids is 1. The molecule has 0 spiro atoms. The summed E-state index contributed by atoms with van der Waals surface area (Å²) in [6.45, 7) is 2.44. The number of H-pyrrole nitrogens is 1. The van der Waals surface area contributed by atoms with Crippen LogP contribution in [0.2, 0.25) is 0 Å². The molecule has 0 saturated carbocycles. The molecule has 0 radical (unpaired) electrons. The zero-order chi connectivity index (χ0) is 19.2. The Morgan fingerprint density at radius 3 is 2.40 bits per heavy atom. The van der Waals surface area contributed by atoms with Gasteiger partial charge in [0.2, 0.25) is 0 Å². The molecular formula is C15H17F3N2O4S. The van der Waals surface area contributed by atoms with Crippen LogP contribution >= 0.6 is 0 Å². The number of carboxylic acids is 1. The molecule has 138 valence electrons. The van der Waals surface area contributed by atoms with E-state index in [0.717, 1.165) is 19.3 Å². The van der Waals surface area contributed by atoms with Crippen LogP contribution in [0.15, 0.2) is 29.5 Å². The molecule has 0 saturated heterocycles. The first-order chi connectivity index (χ1) is 11.4. The zero-order valence-electron chi connectivity index (χ0n) is 13.7. The first-order valence-corrected chi connectivity index (χ1v) is 9.25. The van der Waals surface area contributed by atoms with Crippen molar-refractivity contribution < 1.29 is 31.5 Å². The van der Waals surface area contributed by atoms with Crippen LogP contribution in [0.1, 0.15) is 26.0 Å². The highest BCUT2D eigenvalue weighted by atomic mass is 32.2. The second-order valence-corrected chi connectivity index (χ2v) is 8.11. The molecule has 1 aromatic heterocycles. The van der Waals surface area contributed by atoms with E-state index in [-0.39, 0.29) is 12.1 Å². The average molecular weight is 378 g/mol. The third kappa shape index (κ3) is 3.10. The lowest BCUT2D eigenvalue weighted by molar-refractivity contribution is -0.146. The fraction of sp³-hybridized carbons (Fsp3) is 0.467. The monoisotopic (exact) mass is 378 g/mol. The SMILES string of the molecule is CCC1(C(=O)O)C=C(c2cc[nH]n2)C(C(F)(F)F)=C(C)C1S(C)(=O)=O. The summed E-state index contributed by atoms with van der Waals surface area (Å²) in [5.74, 6) is -1.50. The second kappa shape index (κ2) is 6.01.